The van der Waals surface area contributed by atoms with E-state index in [1.807, 2.05) is 0 Å². The highest BCUT2D eigenvalue weighted by Crippen LogP contribution is 2.44. The smallest absolute Gasteiger partial charge is 0.153 e. The number of alkyl halides is 1. The predicted octanol–water partition coefficient (Wildman–Crippen LogP) is 1.04. The second-order valence-electron chi connectivity index (χ2n) is 2.10. The van der Waals surface area contributed by atoms with Gasteiger partial charge >= 0.3 is 0 Å². The molecule has 3 heteroatoms. The molecular formula is C6H5FN2. The molecule has 0 fully saturated rings. The number of nitrogens with two attached hydrogens (primary N) is 1. The van der Waals surface area contributed by atoms with Crippen LogP contribution in [0.2, 0.25) is 0 Å². The van der Waals surface area contributed by atoms with Crippen LogP contribution in [0.5, 0.6) is 0 Å². The molecule has 0 bridgehead atoms. The van der Waals surface area contributed by atoms with Crippen LogP contribution in [0, 0.1) is 0 Å². The Hall–Kier alpha value is -1.12. The Morgan fingerprint density at radius 3 is 2.89 bits per heavy atom. The van der Waals surface area contributed by atoms with E-state index in [1.54, 1.807) is 6.07 Å². The molecule has 2 N–H and O–H groups in total. The summed E-state index contributed by atoms with van der Waals surface area (Å²) in [6.07, 6.45) is 0.602. The maximum Gasteiger partial charge on any atom is 0.153 e. The van der Waals surface area contributed by atoms with Crippen molar-refractivity contribution in [2.75, 3.05) is 5.73 Å². The van der Waals surface area contributed by atoms with Crippen molar-refractivity contribution in [3.8, 4) is 0 Å². The van der Waals surface area contributed by atoms with Crippen molar-refractivity contribution in [2.24, 2.45) is 0 Å². The third-order valence-electron chi connectivity index (χ3n) is 1.45. The number of fused-ring (bicyclic) bond motifs is 1. The zero-order chi connectivity index (χ0) is 6.43. The van der Waals surface area contributed by atoms with E-state index in [2.05, 4.69) is 4.98 Å². The molecule has 0 aromatic carbocycles. The van der Waals surface area contributed by atoms with Gasteiger partial charge in [0.2, 0.25) is 0 Å². The van der Waals surface area contributed by atoms with Crippen LogP contribution in [0.4, 0.5) is 10.2 Å². The van der Waals surface area contributed by atoms with Crippen molar-refractivity contribution in [3.05, 3.63) is 23.4 Å². The standard InChI is InChI=1S/C6H5FN2/c7-6-3-1-5(8)9-2-4(3)6/h1-2,6H,(H2,8,9). The SMILES string of the molecule is Nc1cc2c(cn1)C2F. The zero-order valence-electron chi connectivity index (χ0n) is 4.63. The summed E-state index contributed by atoms with van der Waals surface area (Å²) in [5.41, 5.74) is 6.66. The van der Waals surface area contributed by atoms with Gasteiger partial charge in [0, 0.05) is 17.3 Å². The molecule has 0 saturated heterocycles. The van der Waals surface area contributed by atoms with Crippen LogP contribution >= 0.6 is 0 Å². The number of hydrogen-bond acceptors (Lipinski definition) is 2. The lowest BCUT2D eigenvalue weighted by Crippen LogP contribution is -1.85. The number of rotatable bonds is 0. The molecule has 46 valence electrons. The van der Waals surface area contributed by atoms with Crippen molar-refractivity contribution < 1.29 is 4.39 Å². The number of nitrogens with zero attached hydrogens (tertiary/aromatic N) is 1. The molecule has 9 heavy (non-hydrogen) atoms. The van der Waals surface area contributed by atoms with Crippen LogP contribution in [0.15, 0.2) is 12.3 Å². The topological polar surface area (TPSA) is 38.9 Å². The third-order valence-corrected chi connectivity index (χ3v) is 1.45. The summed E-state index contributed by atoms with van der Waals surface area (Å²) in [6, 6.07) is 1.57. The zero-order valence-corrected chi connectivity index (χ0v) is 4.63. The molecule has 1 aliphatic carbocycles. The van der Waals surface area contributed by atoms with E-state index in [9.17, 15) is 4.39 Å². The molecule has 1 aliphatic rings. The van der Waals surface area contributed by atoms with Gasteiger partial charge in [-0.25, -0.2) is 9.37 Å². The summed E-state index contributed by atoms with van der Waals surface area (Å²) >= 11 is 0. The van der Waals surface area contributed by atoms with Gasteiger partial charge in [-0.15, -0.1) is 0 Å². The normalized spacial score (nSPS) is 21.2. The maximum absolute atomic E-state index is 12.4. The van der Waals surface area contributed by atoms with E-state index in [4.69, 9.17) is 5.73 Å². The summed E-state index contributed by atoms with van der Waals surface area (Å²) in [7, 11) is 0. The fraction of sp³-hybridized carbons (Fsp3) is 0.167. The molecule has 1 unspecified atom stereocenters. The first-order valence-electron chi connectivity index (χ1n) is 2.68. The molecule has 0 radical (unpaired) electrons. The van der Waals surface area contributed by atoms with Gasteiger partial charge < -0.3 is 5.73 Å². The first kappa shape index (κ1) is 4.73. The molecule has 1 heterocycles. The Balaban J connectivity index is 2.54. The lowest BCUT2D eigenvalue weighted by Gasteiger charge is -1.81. The molecule has 2 nitrogen and oxygen atoms in total. The fourth-order valence-corrected chi connectivity index (χ4v) is 0.863. The van der Waals surface area contributed by atoms with E-state index in [0.29, 0.717) is 16.9 Å². The second kappa shape index (κ2) is 1.23. The summed E-state index contributed by atoms with van der Waals surface area (Å²) in [5, 5.41) is 0. The van der Waals surface area contributed by atoms with Crippen LogP contribution < -0.4 is 5.73 Å². The summed E-state index contributed by atoms with van der Waals surface area (Å²) < 4.78 is 12.4. The van der Waals surface area contributed by atoms with E-state index >= 15 is 0 Å². The number of aromatic nitrogens is 1. The van der Waals surface area contributed by atoms with E-state index in [-0.39, 0.29) is 0 Å². The highest BCUT2D eigenvalue weighted by molar-refractivity contribution is 5.53. The van der Waals surface area contributed by atoms with Gasteiger partial charge in [0.15, 0.2) is 6.17 Å². The van der Waals surface area contributed by atoms with Gasteiger partial charge in [0.25, 0.3) is 0 Å². The van der Waals surface area contributed by atoms with Gasteiger partial charge in [0.1, 0.15) is 5.82 Å². The Kier molecular flexibility index (Phi) is 0.649. The molecule has 1 aromatic rings. The average Bonchev–Trinajstić information content (AvgIpc) is 2.43. The van der Waals surface area contributed by atoms with Gasteiger partial charge in [0.05, 0.1) is 0 Å². The molecule has 0 spiro atoms. The van der Waals surface area contributed by atoms with Crippen molar-refractivity contribution in [2.45, 2.75) is 6.17 Å². The largest absolute Gasteiger partial charge is 0.384 e. The van der Waals surface area contributed by atoms with Crippen LogP contribution in [-0.4, -0.2) is 4.98 Å². The first-order valence-corrected chi connectivity index (χ1v) is 2.68. The first-order chi connectivity index (χ1) is 4.29. The van der Waals surface area contributed by atoms with Crippen LogP contribution in [0.1, 0.15) is 17.3 Å². The average molecular weight is 124 g/mol. The maximum atomic E-state index is 12.4. The minimum atomic E-state index is -0.880. The lowest BCUT2D eigenvalue weighted by atomic mass is 10.5. The van der Waals surface area contributed by atoms with Gasteiger partial charge in [-0.3, -0.25) is 0 Å². The quantitative estimate of drug-likeness (QED) is 0.561. The number of pyridine rings is 1. The molecule has 1 atom stereocenters. The van der Waals surface area contributed by atoms with Crippen molar-refractivity contribution in [3.63, 3.8) is 0 Å². The highest BCUT2D eigenvalue weighted by Gasteiger charge is 2.32. The van der Waals surface area contributed by atoms with Crippen LogP contribution in [0.25, 0.3) is 0 Å². The lowest BCUT2D eigenvalue weighted by molar-refractivity contribution is 0.468. The number of nitrogen functional groups attached to an aromatic ring is 1. The predicted molar refractivity (Wildman–Crippen MR) is 31.6 cm³/mol. The fourth-order valence-electron chi connectivity index (χ4n) is 0.863. The van der Waals surface area contributed by atoms with E-state index in [1.165, 1.54) is 6.20 Å². The highest BCUT2D eigenvalue weighted by atomic mass is 19.1. The van der Waals surface area contributed by atoms with Gasteiger partial charge in [-0.2, -0.15) is 0 Å². The summed E-state index contributed by atoms with van der Waals surface area (Å²) in [6.45, 7) is 0. The number of hydrogen-bond donors (Lipinski definition) is 1. The van der Waals surface area contributed by atoms with Crippen LogP contribution in [-0.2, 0) is 0 Å². The van der Waals surface area contributed by atoms with E-state index < -0.39 is 6.17 Å². The molecule has 1 aromatic heterocycles. The number of halogens is 1. The van der Waals surface area contributed by atoms with E-state index in [0.717, 1.165) is 0 Å². The van der Waals surface area contributed by atoms with Crippen molar-refractivity contribution >= 4 is 5.82 Å². The molecule has 0 saturated carbocycles. The summed E-state index contributed by atoms with van der Waals surface area (Å²) in [4.78, 5) is 3.72. The number of anilines is 1. The van der Waals surface area contributed by atoms with Crippen LogP contribution in [0.3, 0.4) is 0 Å². The molecular weight excluding hydrogens is 119 g/mol. The molecule has 0 amide bonds. The van der Waals surface area contributed by atoms with Crippen molar-refractivity contribution in [1.29, 1.82) is 0 Å². The molecule has 2 rings (SSSR count). The van der Waals surface area contributed by atoms with Gasteiger partial charge in [-0.1, -0.05) is 0 Å². The minimum absolute atomic E-state index is 0.397. The monoisotopic (exact) mass is 124 g/mol. The molecule has 0 aliphatic heterocycles. The minimum Gasteiger partial charge on any atom is -0.384 e. The Labute approximate surface area is 51.5 Å². The van der Waals surface area contributed by atoms with Gasteiger partial charge in [-0.05, 0) is 6.07 Å². The third kappa shape index (κ3) is 0.512. The van der Waals surface area contributed by atoms with Crippen molar-refractivity contribution in [1.82, 2.24) is 4.98 Å². The second-order valence-corrected chi connectivity index (χ2v) is 2.10. The Morgan fingerprint density at radius 1 is 1.56 bits per heavy atom. The summed E-state index contributed by atoms with van der Waals surface area (Å²) in [5.74, 6) is 0.397. The Morgan fingerprint density at radius 2 is 2.33 bits per heavy atom. The Bertz CT molecular complexity index is 259.